The Hall–Kier alpha value is -1.88. The standard InChI is InChI=1S/C14H10ClF3O2/c1-8-2-4-11(19)13(6-8)20-12-5-3-9(7-10(12)15)14(16,17)18/h2-7,19H,1H3. The van der Waals surface area contributed by atoms with E-state index in [1.54, 1.807) is 19.1 Å². The van der Waals surface area contributed by atoms with Gasteiger partial charge in [0.15, 0.2) is 11.5 Å². The molecule has 0 heterocycles. The molecule has 2 nitrogen and oxygen atoms in total. The lowest BCUT2D eigenvalue weighted by atomic mass is 10.2. The van der Waals surface area contributed by atoms with Crippen LogP contribution in [0.15, 0.2) is 36.4 Å². The van der Waals surface area contributed by atoms with Crippen molar-refractivity contribution >= 4 is 11.6 Å². The molecule has 2 rings (SSSR count). The lowest BCUT2D eigenvalue weighted by molar-refractivity contribution is -0.137. The van der Waals surface area contributed by atoms with Gasteiger partial charge >= 0.3 is 6.18 Å². The number of phenols is 1. The molecule has 0 fully saturated rings. The van der Waals surface area contributed by atoms with E-state index in [0.29, 0.717) is 0 Å². The largest absolute Gasteiger partial charge is 0.504 e. The van der Waals surface area contributed by atoms with Crippen molar-refractivity contribution in [3.8, 4) is 17.2 Å². The molecule has 0 aliphatic heterocycles. The Kier molecular flexibility index (Phi) is 3.81. The minimum absolute atomic E-state index is 0.0422. The van der Waals surface area contributed by atoms with E-state index < -0.39 is 11.7 Å². The molecule has 0 spiro atoms. The highest BCUT2D eigenvalue weighted by atomic mass is 35.5. The predicted octanol–water partition coefficient (Wildman–Crippen LogP) is 5.17. The zero-order chi connectivity index (χ0) is 14.9. The average molecular weight is 303 g/mol. The number of hydrogen-bond acceptors (Lipinski definition) is 2. The van der Waals surface area contributed by atoms with E-state index in [1.807, 2.05) is 0 Å². The highest BCUT2D eigenvalue weighted by molar-refractivity contribution is 6.32. The summed E-state index contributed by atoms with van der Waals surface area (Å²) in [6, 6.07) is 7.44. The van der Waals surface area contributed by atoms with Crippen molar-refractivity contribution in [2.75, 3.05) is 0 Å². The second-order valence-electron chi connectivity index (χ2n) is 4.22. The van der Waals surface area contributed by atoms with Gasteiger partial charge in [0.1, 0.15) is 5.75 Å². The summed E-state index contributed by atoms with van der Waals surface area (Å²) in [5, 5.41) is 9.44. The first-order valence-electron chi connectivity index (χ1n) is 5.61. The smallest absolute Gasteiger partial charge is 0.416 e. The maximum absolute atomic E-state index is 12.5. The number of rotatable bonds is 2. The maximum Gasteiger partial charge on any atom is 0.416 e. The van der Waals surface area contributed by atoms with E-state index in [1.165, 1.54) is 6.07 Å². The summed E-state index contributed by atoms with van der Waals surface area (Å²) >= 11 is 5.77. The van der Waals surface area contributed by atoms with Gasteiger partial charge in [-0.3, -0.25) is 0 Å². The number of aromatic hydroxyl groups is 1. The Morgan fingerprint density at radius 2 is 1.75 bits per heavy atom. The van der Waals surface area contributed by atoms with E-state index >= 15 is 0 Å². The van der Waals surface area contributed by atoms with Gasteiger partial charge in [-0.1, -0.05) is 17.7 Å². The zero-order valence-electron chi connectivity index (χ0n) is 10.3. The fourth-order valence-electron chi connectivity index (χ4n) is 1.58. The summed E-state index contributed by atoms with van der Waals surface area (Å²) in [7, 11) is 0. The summed E-state index contributed by atoms with van der Waals surface area (Å²) in [5.74, 6) is 0.0544. The molecule has 0 aliphatic rings. The van der Waals surface area contributed by atoms with E-state index in [2.05, 4.69) is 0 Å². The van der Waals surface area contributed by atoms with Crippen LogP contribution in [0.2, 0.25) is 5.02 Å². The van der Waals surface area contributed by atoms with Crippen LogP contribution in [0.5, 0.6) is 17.2 Å². The van der Waals surface area contributed by atoms with Gasteiger partial charge in [-0.15, -0.1) is 0 Å². The fourth-order valence-corrected chi connectivity index (χ4v) is 1.80. The second kappa shape index (κ2) is 5.25. The van der Waals surface area contributed by atoms with E-state index in [0.717, 1.165) is 23.8 Å². The monoisotopic (exact) mass is 302 g/mol. The summed E-state index contributed by atoms with van der Waals surface area (Å²) < 4.78 is 42.9. The summed E-state index contributed by atoms with van der Waals surface area (Å²) in [5.41, 5.74) is -0.0239. The van der Waals surface area contributed by atoms with Crippen molar-refractivity contribution in [1.29, 1.82) is 0 Å². The van der Waals surface area contributed by atoms with Gasteiger partial charge < -0.3 is 9.84 Å². The molecule has 0 amide bonds. The van der Waals surface area contributed by atoms with Crippen LogP contribution in [0, 0.1) is 6.92 Å². The second-order valence-corrected chi connectivity index (χ2v) is 4.62. The van der Waals surface area contributed by atoms with Crippen LogP contribution in [-0.4, -0.2) is 5.11 Å². The summed E-state index contributed by atoms with van der Waals surface area (Å²) in [6.07, 6.45) is -4.46. The molecule has 1 N–H and O–H groups in total. The number of aryl methyl sites for hydroxylation is 1. The number of phenolic OH excluding ortho intramolecular Hbond substituents is 1. The van der Waals surface area contributed by atoms with Crippen LogP contribution in [0.1, 0.15) is 11.1 Å². The van der Waals surface area contributed by atoms with E-state index in [9.17, 15) is 18.3 Å². The quantitative estimate of drug-likeness (QED) is 0.829. The molecule has 0 saturated carbocycles. The van der Waals surface area contributed by atoms with Crippen molar-refractivity contribution in [3.05, 3.63) is 52.5 Å². The molecular weight excluding hydrogens is 293 g/mol. The van der Waals surface area contributed by atoms with Gasteiger partial charge in [0.2, 0.25) is 0 Å². The molecule has 0 atom stereocenters. The zero-order valence-corrected chi connectivity index (χ0v) is 11.1. The van der Waals surface area contributed by atoms with Crippen molar-refractivity contribution in [2.24, 2.45) is 0 Å². The molecule has 0 saturated heterocycles. The Morgan fingerprint density at radius 1 is 1.05 bits per heavy atom. The summed E-state index contributed by atoms with van der Waals surface area (Å²) in [4.78, 5) is 0. The van der Waals surface area contributed by atoms with Gasteiger partial charge in [-0.05, 0) is 42.8 Å². The highest BCUT2D eigenvalue weighted by Gasteiger charge is 2.31. The van der Waals surface area contributed by atoms with Gasteiger partial charge in [-0.2, -0.15) is 13.2 Å². The number of hydrogen-bond donors (Lipinski definition) is 1. The maximum atomic E-state index is 12.5. The highest BCUT2D eigenvalue weighted by Crippen LogP contribution is 2.38. The van der Waals surface area contributed by atoms with E-state index in [4.69, 9.17) is 16.3 Å². The number of alkyl halides is 3. The molecule has 0 aliphatic carbocycles. The number of ether oxygens (including phenoxy) is 1. The molecule has 20 heavy (non-hydrogen) atoms. The molecule has 0 radical (unpaired) electrons. The van der Waals surface area contributed by atoms with Crippen molar-refractivity contribution in [3.63, 3.8) is 0 Å². The van der Waals surface area contributed by atoms with Crippen LogP contribution in [0.4, 0.5) is 13.2 Å². The third-order valence-corrected chi connectivity index (χ3v) is 2.89. The summed E-state index contributed by atoms with van der Waals surface area (Å²) in [6.45, 7) is 1.79. The van der Waals surface area contributed by atoms with Gasteiger partial charge in [0.05, 0.1) is 10.6 Å². The lowest BCUT2D eigenvalue weighted by Crippen LogP contribution is -2.04. The molecule has 6 heteroatoms. The lowest BCUT2D eigenvalue weighted by Gasteiger charge is -2.12. The molecule has 106 valence electrons. The third kappa shape index (κ3) is 3.17. The molecule has 0 unspecified atom stereocenters. The van der Waals surface area contributed by atoms with Crippen molar-refractivity contribution < 1.29 is 23.0 Å². The first-order chi connectivity index (χ1) is 9.27. The fraction of sp³-hybridized carbons (Fsp3) is 0.143. The van der Waals surface area contributed by atoms with Crippen LogP contribution in [-0.2, 0) is 6.18 Å². The minimum Gasteiger partial charge on any atom is -0.504 e. The van der Waals surface area contributed by atoms with Gasteiger partial charge in [0.25, 0.3) is 0 Å². The number of benzene rings is 2. The molecule has 0 bridgehead atoms. The predicted molar refractivity (Wildman–Crippen MR) is 69.4 cm³/mol. The topological polar surface area (TPSA) is 29.5 Å². The molecular formula is C14H10ClF3O2. The third-order valence-electron chi connectivity index (χ3n) is 2.59. The van der Waals surface area contributed by atoms with Crippen LogP contribution in [0.25, 0.3) is 0 Å². The first kappa shape index (κ1) is 14.5. The Morgan fingerprint density at radius 3 is 2.35 bits per heavy atom. The molecule has 0 aromatic heterocycles. The van der Waals surface area contributed by atoms with Gasteiger partial charge in [-0.25, -0.2) is 0 Å². The van der Waals surface area contributed by atoms with Gasteiger partial charge in [0, 0.05) is 0 Å². The normalized spacial score (nSPS) is 11.4. The SMILES string of the molecule is Cc1ccc(O)c(Oc2ccc(C(F)(F)F)cc2Cl)c1. The average Bonchev–Trinajstić information content (AvgIpc) is 2.35. The van der Waals surface area contributed by atoms with Crippen molar-refractivity contribution in [1.82, 2.24) is 0 Å². The van der Waals surface area contributed by atoms with E-state index in [-0.39, 0.29) is 22.3 Å². The van der Waals surface area contributed by atoms with Crippen molar-refractivity contribution in [2.45, 2.75) is 13.1 Å². The molecule has 2 aromatic carbocycles. The Bertz CT molecular complexity index is 639. The Balaban J connectivity index is 2.33. The Labute approximate surface area is 118 Å². The molecule has 2 aromatic rings. The van der Waals surface area contributed by atoms with Crippen LogP contribution in [0.3, 0.4) is 0 Å². The minimum atomic E-state index is -4.46. The van der Waals surface area contributed by atoms with Crippen LogP contribution < -0.4 is 4.74 Å². The van der Waals surface area contributed by atoms with Crippen LogP contribution >= 0.6 is 11.6 Å². The first-order valence-corrected chi connectivity index (χ1v) is 5.99. The number of halogens is 4.